The van der Waals surface area contributed by atoms with Crippen LogP contribution in [-0.2, 0) is 0 Å². The maximum atomic E-state index is 5.98. The van der Waals surface area contributed by atoms with Gasteiger partial charge in [-0.2, -0.15) is 0 Å². The topological polar surface area (TPSA) is 0 Å². The van der Waals surface area contributed by atoms with Crippen molar-refractivity contribution in [1.82, 2.24) is 0 Å². The van der Waals surface area contributed by atoms with Gasteiger partial charge in [-0.1, -0.05) is 64.5 Å². The Kier molecular flexibility index (Phi) is 3.45. The number of alkyl halides is 2. The van der Waals surface area contributed by atoms with Gasteiger partial charge >= 0.3 is 0 Å². The highest BCUT2D eigenvalue weighted by Gasteiger charge is 2.04. The molecule has 0 aliphatic carbocycles. The molecule has 0 heterocycles. The molecule has 0 nitrogen and oxygen atoms in total. The van der Waals surface area contributed by atoms with E-state index in [0.29, 0.717) is 0 Å². The van der Waals surface area contributed by atoms with Crippen LogP contribution in [-0.4, -0.2) is 0 Å². The van der Waals surface area contributed by atoms with Crippen molar-refractivity contribution in [3.63, 3.8) is 0 Å². The summed E-state index contributed by atoms with van der Waals surface area (Å²) in [6.45, 7) is 0. The van der Waals surface area contributed by atoms with Crippen molar-refractivity contribution in [2.75, 3.05) is 0 Å². The highest BCUT2D eigenvalue weighted by molar-refractivity contribution is 9.09. The highest BCUT2D eigenvalue weighted by Crippen LogP contribution is 2.30. The van der Waals surface area contributed by atoms with Gasteiger partial charge in [0.1, 0.15) is 4.29 Å². The molecule has 2 aromatic rings. The van der Waals surface area contributed by atoms with Crippen LogP contribution in [0.3, 0.4) is 0 Å². The average Bonchev–Trinajstić information content (AvgIpc) is 2.30. The van der Waals surface area contributed by atoms with E-state index in [-0.39, 0.29) is 4.29 Å². The number of rotatable bonds is 2. The lowest BCUT2D eigenvalue weighted by molar-refractivity contribution is 1.39. The Morgan fingerprint density at radius 2 is 1.53 bits per heavy atom. The second kappa shape index (κ2) is 4.82. The summed E-state index contributed by atoms with van der Waals surface area (Å²) in [5.74, 6) is 0. The van der Waals surface area contributed by atoms with Crippen molar-refractivity contribution in [3.8, 4) is 11.1 Å². The fourth-order valence-electron chi connectivity index (χ4n) is 1.48. The Morgan fingerprint density at radius 1 is 0.867 bits per heavy atom. The van der Waals surface area contributed by atoms with Crippen LogP contribution in [0, 0.1) is 0 Å². The first-order valence-corrected chi connectivity index (χ1v) is 6.06. The molecule has 0 aliphatic rings. The number of hydrogen-bond donors (Lipinski definition) is 0. The van der Waals surface area contributed by atoms with Crippen LogP contribution in [0.25, 0.3) is 11.1 Å². The molecule has 0 aromatic heterocycles. The summed E-state index contributed by atoms with van der Waals surface area (Å²) in [6, 6.07) is 18.5. The van der Waals surface area contributed by atoms with E-state index in [1.165, 1.54) is 11.1 Å². The van der Waals surface area contributed by atoms with Gasteiger partial charge in [0.25, 0.3) is 0 Å². The molecule has 0 bridgehead atoms. The van der Waals surface area contributed by atoms with E-state index < -0.39 is 0 Å². The van der Waals surface area contributed by atoms with Crippen molar-refractivity contribution in [1.29, 1.82) is 0 Å². The van der Waals surface area contributed by atoms with Gasteiger partial charge in [0, 0.05) is 0 Å². The number of halogens is 2. The molecular weight excluding hydrogens is 272 g/mol. The lowest BCUT2D eigenvalue weighted by Crippen LogP contribution is -1.83. The maximum Gasteiger partial charge on any atom is 0.113 e. The number of benzene rings is 2. The van der Waals surface area contributed by atoms with E-state index in [2.05, 4.69) is 40.2 Å². The van der Waals surface area contributed by atoms with Gasteiger partial charge in [-0.15, -0.1) is 11.6 Å². The summed E-state index contributed by atoms with van der Waals surface area (Å²) in [6.07, 6.45) is 0. The van der Waals surface area contributed by atoms with Crippen LogP contribution in [0.4, 0.5) is 0 Å². The Bertz CT molecular complexity index is 437. The monoisotopic (exact) mass is 280 g/mol. The molecule has 1 unspecified atom stereocenters. The average molecular weight is 282 g/mol. The zero-order chi connectivity index (χ0) is 10.7. The lowest BCUT2D eigenvalue weighted by Gasteiger charge is -2.05. The Labute approximate surface area is 103 Å². The summed E-state index contributed by atoms with van der Waals surface area (Å²) in [5.41, 5.74) is 3.49. The molecule has 15 heavy (non-hydrogen) atoms. The first kappa shape index (κ1) is 10.7. The molecule has 0 saturated carbocycles. The van der Waals surface area contributed by atoms with E-state index in [1.54, 1.807) is 0 Å². The zero-order valence-electron chi connectivity index (χ0n) is 8.03. The van der Waals surface area contributed by atoms with Gasteiger partial charge in [0.2, 0.25) is 0 Å². The van der Waals surface area contributed by atoms with Crippen LogP contribution in [0.2, 0.25) is 0 Å². The molecule has 2 rings (SSSR count). The van der Waals surface area contributed by atoms with Gasteiger partial charge in [-0.25, -0.2) is 0 Å². The summed E-state index contributed by atoms with van der Waals surface area (Å²) in [5, 5.41) is 0. The van der Waals surface area contributed by atoms with E-state index in [4.69, 9.17) is 11.6 Å². The van der Waals surface area contributed by atoms with Crippen LogP contribution < -0.4 is 0 Å². The molecule has 2 heteroatoms. The van der Waals surface area contributed by atoms with E-state index in [0.717, 1.165) is 5.56 Å². The normalized spacial score (nSPS) is 12.4. The van der Waals surface area contributed by atoms with Gasteiger partial charge in [0.15, 0.2) is 0 Å². The van der Waals surface area contributed by atoms with Crippen molar-refractivity contribution in [3.05, 3.63) is 60.2 Å². The Hall–Kier alpha value is -0.790. The van der Waals surface area contributed by atoms with E-state index in [1.807, 2.05) is 30.3 Å². The minimum absolute atomic E-state index is 0.124. The van der Waals surface area contributed by atoms with Gasteiger partial charge < -0.3 is 0 Å². The second-order valence-electron chi connectivity index (χ2n) is 3.29. The minimum atomic E-state index is -0.124. The summed E-state index contributed by atoms with van der Waals surface area (Å²) in [4.78, 5) is 0. The predicted molar refractivity (Wildman–Crippen MR) is 69.4 cm³/mol. The number of hydrogen-bond acceptors (Lipinski definition) is 0. The van der Waals surface area contributed by atoms with Crippen molar-refractivity contribution >= 4 is 27.5 Å². The molecule has 2 aromatic carbocycles. The lowest BCUT2D eigenvalue weighted by atomic mass is 10.0. The molecule has 0 spiro atoms. The van der Waals surface area contributed by atoms with Crippen molar-refractivity contribution in [2.24, 2.45) is 0 Å². The summed E-state index contributed by atoms with van der Waals surface area (Å²) in [7, 11) is 0. The molecule has 0 fully saturated rings. The molecule has 0 N–H and O–H groups in total. The van der Waals surface area contributed by atoms with Crippen LogP contribution >= 0.6 is 27.5 Å². The second-order valence-corrected chi connectivity index (χ2v) is 5.17. The van der Waals surface area contributed by atoms with Crippen molar-refractivity contribution < 1.29 is 0 Å². The summed E-state index contributed by atoms with van der Waals surface area (Å²) < 4.78 is -0.124. The van der Waals surface area contributed by atoms with E-state index >= 15 is 0 Å². The van der Waals surface area contributed by atoms with Crippen LogP contribution in [0.5, 0.6) is 0 Å². The smallest absolute Gasteiger partial charge is 0.105 e. The van der Waals surface area contributed by atoms with Gasteiger partial charge in [-0.3, -0.25) is 0 Å². The Balaban J connectivity index is 2.42. The van der Waals surface area contributed by atoms with Gasteiger partial charge in [-0.05, 0) is 22.8 Å². The standard InChI is InChI=1S/C13H10BrCl/c14-13(15)12-8-4-7-11(9-12)10-5-2-1-3-6-10/h1-9,13H. The van der Waals surface area contributed by atoms with Crippen LogP contribution in [0.1, 0.15) is 9.85 Å². The SMILES string of the molecule is ClC(Br)c1cccc(-c2ccccc2)c1. The fraction of sp³-hybridized carbons (Fsp3) is 0.0769. The minimum Gasteiger partial charge on any atom is -0.105 e. The quantitative estimate of drug-likeness (QED) is 0.681. The maximum absolute atomic E-state index is 5.98. The largest absolute Gasteiger partial charge is 0.113 e. The molecule has 0 amide bonds. The van der Waals surface area contributed by atoms with E-state index in [9.17, 15) is 0 Å². The third-order valence-electron chi connectivity index (χ3n) is 2.25. The predicted octanol–water partition coefficient (Wildman–Crippen LogP) is 4.99. The zero-order valence-corrected chi connectivity index (χ0v) is 10.4. The molecule has 0 radical (unpaired) electrons. The fourth-order valence-corrected chi connectivity index (χ4v) is 1.91. The third-order valence-corrected chi connectivity index (χ3v) is 3.03. The molecule has 1 atom stereocenters. The highest BCUT2D eigenvalue weighted by atomic mass is 79.9. The van der Waals surface area contributed by atoms with Crippen LogP contribution in [0.15, 0.2) is 54.6 Å². The Morgan fingerprint density at radius 3 is 2.20 bits per heavy atom. The summed E-state index contributed by atoms with van der Waals surface area (Å²) >= 11 is 9.33. The molecule has 76 valence electrons. The molecule has 0 aliphatic heterocycles. The van der Waals surface area contributed by atoms with Crippen molar-refractivity contribution in [2.45, 2.75) is 4.29 Å². The third kappa shape index (κ3) is 2.61. The first-order valence-electron chi connectivity index (χ1n) is 4.71. The molecular formula is C13H10BrCl. The van der Waals surface area contributed by atoms with Gasteiger partial charge in [0.05, 0.1) is 0 Å². The first-order chi connectivity index (χ1) is 7.27. The molecule has 0 saturated heterocycles.